The van der Waals surface area contributed by atoms with Gasteiger partial charge in [0.25, 0.3) is 5.91 Å². The smallest absolute Gasteiger partial charge is 0.326 e. The first-order valence-electron chi connectivity index (χ1n) is 7.39. The van der Waals surface area contributed by atoms with E-state index in [1.165, 1.54) is 0 Å². The number of halogens is 1. The Balaban J connectivity index is 1.58. The van der Waals surface area contributed by atoms with E-state index < -0.39 is 11.9 Å². The zero-order valence-electron chi connectivity index (χ0n) is 12.7. The molecule has 0 radical (unpaired) electrons. The van der Waals surface area contributed by atoms with Crippen LogP contribution < -0.4 is 15.4 Å². The molecule has 0 aliphatic carbocycles. The van der Waals surface area contributed by atoms with Gasteiger partial charge in [-0.05, 0) is 30.2 Å². The normalized spacial score (nSPS) is 15.3. The number of carbonyl (C=O) groups excluding carboxylic acids is 2. The van der Waals surface area contributed by atoms with E-state index in [0.29, 0.717) is 18.1 Å². The van der Waals surface area contributed by atoms with Crippen LogP contribution in [-0.2, 0) is 17.8 Å². The second kappa shape index (κ2) is 7.19. The van der Waals surface area contributed by atoms with Gasteiger partial charge in [-0.3, -0.25) is 10.1 Å². The molecule has 0 spiro atoms. The summed E-state index contributed by atoms with van der Waals surface area (Å²) in [6, 6.07) is 14.6. The minimum Gasteiger partial charge on any atom is -0.489 e. The van der Waals surface area contributed by atoms with Gasteiger partial charge < -0.3 is 10.1 Å². The van der Waals surface area contributed by atoms with Crippen LogP contribution in [0.15, 0.2) is 60.3 Å². The number of nitrogens with one attached hydrogen (secondary N) is 2. The van der Waals surface area contributed by atoms with Crippen molar-refractivity contribution in [2.45, 2.75) is 13.0 Å². The highest BCUT2D eigenvalue weighted by Gasteiger charge is 2.22. The van der Waals surface area contributed by atoms with Crippen LogP contribution in [0.3, 0.4) is 0 Å². The van der Waals surface area contributed by atoms with Gasteiger partial charge in [0.1, 0.15) is 18.1 Å². The van der Waals surface area contributed by atoms with Gasteiger partial charge in [-0.1, -0.05) is 48.0 Å². The maximum Gasteiger partial charge on any atom is 0.326 e. The van der Waals surface area contributed by atoms with Crippen molar-refractivity contribution in [1.82, 2.24) is 10.6 Å². The summed E-state index contributed by atoms with van der Waals surface area (Å²) in [5.74, 6) is 0.331. The molecule has 0 saturated carbocycles. The molecule has 1 fully saturated rings. The number of carbonyl (C=O) groups is 2. The number of benzene rings is 2. The lowest BCUT2D eigenvalue weighted by Crippen LogP contribution is -2.22. The van der Waals surface area contributed by atoms with Crippen molar-refractivity contribution in [2.75, 3.05) is 0 Å². The standard InChI is InChI=1S/C18H15ClN2O3/c19-15-4-2-1-3-13(15)11-24-14-8-5-12(6-9-14)7-10-16-17(22)21-18(23)20-16/h1-6,8-10H,7,11H2,(H2,20,21,22,23). The molecule has 0 aromatic heterocycles. The van der Waals surface area contributed by atoms with E-state index in [2.05, 4.69) is 10.6 Å². The summed E-state index contributed by atoms with van der Waals surface area (Å²) in [6.45, 7) is 0.398. The van der Waals surface area contributed by atoms with Crippen molar-refractivity contribution < 1.29 is 14.3 Å². The van der Waals surface area contributed by atoms with Crippen LogP contribution >= 0.6 is 11.6 Å². The van der Waals surface area contributed by atoms with Crippen molar-refractivity contribution in [1.29, 1.82) is 0 Å². The van der Waals surface area contributed by atoms with E-state index in [1.807, 2.05) is 48.5 Å². The molecule has 1 heterocycles. The summed E-state index contributed by atoms with van der Waals surface area (Å²) >= 11 is 6.09. The van der Waals surface area contributed by atoms with Crippen molar-refractivity contribution in [3.8, 4) is 5.75 Å². The average molecular weight is 343 g/mol. The number of amides is 3. The molecule has 6 heteroatoms. The fourth-order valence-corrected chi connectivity index (χ4v) is 2.43. The number of hydrogen-bond acceptors (Lipinski definition) is 3. The fraction of sp³-hybridized carbons (Fsp3) is 0.111. The van der Waals surface area contributed by atoms with Gasteiger partial charge in [-0.2, -0.15) is 0 Å². The lowest BCUT2D eigenvalue weighted by molar-refractivity contribution is -0.115. The zero-order chi connectivity index (χ0) is 16.9. The van der Waals surface area contributed by atoms with Crippen LogP contribution in [-0.4, -0.2) is 11.9 Å². The highest BCUT2D eigenvalue weighted by molar-refractivity contribution is 6.31. The van der Waals surface area contributed by atoms with Crippen molar-refractivity contribution >= 4 is 23.5 Å². The highest BCUT2D eigenvalue weighted by Crippen LogP contribution is 2.19. The van der Waals surface area contributed by atoms with E-state index in [0.717, 1.165) is 16.9 Å². The van der Waals surface area contributed by atoms with Crippen LogP contribution in [0.1, 0.15) is 11.1 Å². The summed E-state index contributed by atoms with van der Waals surface area (Å²) in [6.07, 6.45) is 2.22. The van der Waals surface area contributed by atoms with Crippen LogP contribution in [0, 0.1) is 0 Å². The van der Waals surface area contributed by atoms with E-state index in [-0.39, 0.29) is 5.70 Å². The molecule has 3 amide bonds. The van der Waals surface area contributed by atoms with Crippen LogP contribution in [0.4, 0.5) is 4.79 Å². The van der Waals surface area contributed by atoms with E-state index >= 15 is 0 Å². The van der Waals surface area contributed by atoms with Crippen molar-refractivity contribution in [2.24, 2.45) is 0 Å². The lowest BCUT2D eigenvalue weighted by Gasteiger charge is -2.08. The van der Waals surface area contributed by atoms with E-state index in [1.54, 1.807) is 6.08 Å². The van der Waals surface area contributed by atoms with Gasteiger partial charge in [0, 0.05) is 10.6 Å². The van der Waals surface area contributed by atoms with Crippen molar-refractivity contribution in [3.63, 3.8) is 0 Å². The second-order valence-corrected chi connectivity index (χ2v) is 5.66. The second-order valence-electron chi connectivity index (χ2n) is 5.25. The highest BCUT2D eigenvalue weighted by atomic mass is 35.5. The Morgan fingerprint density at radius 3 is 2.42 bits per heavy atom. The first-order chi connectivity index (χ1) is 11.6. The molecule has 122 valence electrons. The van der Waals surface area contributed by atoms with Gasteiger partial charge in [-0.15, -0.1) is 0 Å². The number of rotatable bonds is 5. The first kappa shape index (κ1) is 16.1. The van der Waals surface area contributed by atoms with Crippen LogP contribution in [0.2, 0.25) is 5.02 Å². The number of allylic oxidation sites excluding steroid dienone is 1. The average Bonchev–Trinajstić information content (AvgIpc) is 2.91. The Morgan fingerprint density at radius 1 is 1.00 bits per heavy atom. The molecule has 5 nitrogen and oxygen atoms in total. The van der Waals surface area contributed by atoms with Gasteiger partial charge in [0.15, 0.2) is 0 Å². The summed E-state index contributed by atoms with van der Waals surface area (Å²) in [4.78, 5) is 22.4. The Hall–Kier alpha value is -2.79. The third-order valence-electron chi connectivity index (χ3n) is 3.54. The molecule has 2 N–H and O–H groups in total. The lowest BCUT2D eigenvalue weighted by atomic mass is 10.1. The third-order valence-corrected chi connectivity index (χ3v) is 3.91. The van der Waals surface area contributed by atoms with Crippen molar-refractivity contribution in [3.05, 3.63) is 76.5 Å². The van der Waals surface area contributed by atoms with E-state index in [4.69, 9.17) is 16.3 Å². The minimum atomic E-state index is -0.491. The van der Waals surface area contributed by atoms with Crippen LogP contribution in [0.5, 0.6) is 5.75 Å². The molecular weight excluding hydrogens is 328 g/mol. The molecule has 24 heavy (non-hydrogen) atoms. The minimum absolute atomic E-state index is 0.277. The Bertz CT molecular complexity index is 800. The van der Waals surface area contributed by atoms with Gasteiger partial charge >= 0.3 is 6.03 Å². The largest absolute Gasteiger partial charge is 0.489 e. The van der Waals surface area contributed by atoms with Gasteiger partial charge in [0.05, 0.1) is 0 Å². The quantitative estimate of drug-likeness (QED) is 0.647. The summed E-state index contributed by atoms with van der Waals surface area (Å²) < 4.78 is 5.72. The predicted octanol–water partition coefficient (Wildman–Crippen LogP) is 3.18. The third kappa shape index (κ3) is 3.94. The monoisotopic (exact) mass is 342 g/mol. The van der Waals surface area contributed by atoms with Gasteiger partial charge in [-0.25, -0.2) is 4.79 Å². The molecule has 2 aromatic rings. The zero-order valence-corrected chi connectivity index (χ0v) is 13.5. The summed E-state index contributed by atoms with van der Waals surface area (Å²) in [5.41, 5.74) is 2.21. The van der Waals surface area contributed by atoms with E-state index in [9.17, 15) is 9.59 Å². The maximum absolute atomic E-state index is 11.4. The predicted molar refractivity (Wildman–Crippen MR) is 90.7 cm³/mol. The molecule has 3 rings (SSSR count). The van der Waals surface area contributed by atoms with Crippen LogP contribution in [0.25, 0.3) is 0 Å². The molecule has 2 aromatic carbocycles. The number of hydrogen-bond donors (Lipinski definition) is 2. The Kier molecular flexibility index (Phi) is 4.82. The number of urea groups is 1. The topological polar surface area (TPSA) is 67.4 Å². The molecular formula is C18H15ClN2O3. The molecule has 1 aliphatic heterocycles. The number of ether oxygens (including phenoxy) is 1. The molecule has 0 atom stereocenters. The van der Waals surface area contributed by atoms with Gasteiger partial charge in [0.2, 0.25) is 0 Å². The molecule has 1 saturated heterocycles. The molecule has 1 aliphatic rings. The maximum atomic E-state index is 11.4. The summed E-state index contributed by atoms with van der Waals surface area (Å²) in [7, 11) is 0. The Morgan fingerprint density at radius 2 is 1.75 bits per heavy atom. The first-order valence-corrected chi connectivity index (χ1v) is 7.77. The SMILES string of the molecule is O=C1NC(=O)C(=CCc2ccc(OCc3ccccc3Cl)cc2)N1. The molecule has 0 unspecified atom stereocenters. The fourth-order valence-electron chi connectivity index (χ4n) is 2.24. The molecule has 0 bridgehead atoms. The number of imide groups is 1. The Labute approximate surface area is 144 Å². The summed E-state index contributed by atoms with van der Waals surface area (Å²) in [5, 5.41) is 5.29.